The summed E-state index contributed by atoms with van der Waals surface area (Å²) in [5.41, 5.74) is 5.60. The van der Waals surface area contributed by atoms with Crippen LogP contribution in [-0.2, 0) is 4.74 Å². The molecule has 1 aliphatic heterocycles. The van der Waals surface area contributed by atoms with Crippen molar-refractivity contribution in [2.24, 2.45) is 16.7 Å². The number of nitrogens with two attached hydrogens (primary N) is 2. The van der Waals surface area contributed by atoms with Crippen molar-refractivity contribution in [3.05, 3.63) is 29.3 Å². The molecule has 0 amide bonds. The average Bonchev–Trinajstić information content (AvgIpc) is 2.59. The molecule has 1 fully saturated rings. The zero-order valence-electron chi connectivity index (χ0n) is 13.8. The Morgan fingerprint density at radius 3 is 2.88 bits per heavy atom. The lowest BCUT2D eigenvalue weighted by Crippen LogP contribution is -2.38. The Bertz CT molecular complexity index is 600. The average molecular weight is 375 g/mol. The molecule has 1 aromatic carbocycles. The molecule has 6 N–H and O–H groups in total. The number of hydrazone groups is 1. The van der Waals surface area contributed by atoms with Gasteiger partial charge in [0.2, 0.25) is 0 Å². The van der Waals surface area contributed by atoms with Gasteiger partial charge < -0.3 is 15.6 Å². The molecule has 0 spiro atoms. The first-order valence-corrected chi connectivity index (χ1v) is 8.81. The Morgan fingerprint density at radius 2 is 2.20 bits per heavy atom. The molecule has 25 heavy (non-hydrogen) atoms. The van der Waals surface area contributed by atoms with Crippen molar-refractivity contribution in [3.8, 4) is 0 Å². The van der Waals surface area contributed by atoms with Crippen LogP contribution in [0.15, 0.2) is 22.1 Å². The summed E-state index contributed by atoms with van der Waals surface area (Å²) in [5, 5.41) is 13.7. The molecule has 0 radical (unpaired) electrons. The molecule has 1 atom stereocenters. The van der Waals surface area contributed by atoms with Crippen molar-refractivity contribution in [3.63, 3.8) is 0 Å². The molecule has 1 aromatic rings. The van der Waals surface area contributed by atoms with Crippen LogP contribution in [0.2, 0.25) is 0 Å². The summed E-state index contributed by atoms with van der Waals surface area (Å²) in [4.78, 5) is 0.0581. The molecule has 1 heterocycles. The summed E-state index contributed by atoms with van der Waals surface area (Å²) in [6, 6.07) is 2.72. The molecule has 1 aliphatic rings. The van der Waals surface area contributed by atoms with Crippen molar-refractivity contribution >= 4 is 17.8 Å². The molecule has 1 unspecified atom stereocenters. The Morgan fingerprint density at radius 1 is 1.40 bits per heavy atom. The number of amidine groups is 1. The van der Waals surface area contributed by atoms with Gasteiger partial charge in [0.1, 0.15) is 0 Å². The van der Waals surface area contributed by atoms with Gasteiger partial charge in [0.05, 0.1) is 29.7 Å². The highest BCUT2D eigenvalue weighted by Crippen LogP contribution is 2.23. The van der Waals surface area contributed by atoms with E-state index in [-0.39, 0.29) is 35.6 Å². The number of nitrogens with zero attached hydrogens (tertiary/aromatic N) is 2. The van der Waals surface area contributed by atoms with Crippen molar-refractivity contribution in [2.45, 2.75) is 30.3 Å². The van der Waals surface area contributed by atoms with Gasteiger partial charge in [-0.25, -0.2) is 19.7 Å². The highest BCUT2D eigenvalue weighted by Gasteiger charge is 2.19. The number of hydrogen-bond donors (Lipinski definition) is 4. The van der Waals surface area contributed by atoms with Crippen molar-refractivity contribution in [1.29, 1.82) is 0 Å². The van der Waals surface area contributed by atoms with Crippen LogP contribution in [0.5, 0.6) is 0 Å². The van der Waals surface area contributed by atoms with E-state index in [1.807, 2.05) is 0 Å². The van der Waals surface area contributed by atoms with Crippen LogP contribution in [0, 0.1) is 11.6 Å². The van der Waals surface area contributed by atoms with Crippen LogP contribution < -0.4 is 16.3 Å². The molecular formula is C15H23F2N5O2S. The van der Waals surface area contributed by atoms with E-state index in [0.29, 0.717) is 13.2 Å². The summed E-state index contributed by atoms with van der Waals surface area (Å²) < 4.78 is 36.6. The zero-order valence-corrected chi connectivity index (χ0v) is 14.6. The first-order chi connectivity index (χ1) is 12.0. The van der Waals surface area contributed by atoms with E-state index in [4.69, 9.17) is 21.4 Å². The second kappa shape index (κ2) is 9.88. The van der Waals surface area contributed by atoms with Gasteiger partial charge in [0, 0.05) is 13.2 Å². The summed E-state index contributed by atoms with van der Waals surface area (Å²) in [5.74, 6) is 3.43. The maximum atomic E-state index is 14.2. The monoisotopic (exact) mass is 375 g/mol. The molecule has 10 heteroatoms. The molecule has 0 saturated carbocycles. The maximum absolute atomic E-state index is 14.2. The normalized spacial score (nSPS) is 18.4. The first-order valence-electron chi connectivity index (χ1n) is 7.99. The second-order valence-corrected chi connectivity index (χ2v) is 6.49. The Hall–Kier alpha value is -1.46. The van der Waals surface area contributed by atoms with Crippen LogP contribution in [0.4, 0.5) is 8.78 Å². The van der Waals surface area contributed by atoms with Crippen molar-refractivity contribution in [2.75, 3.05) is 26.3 Å². The molecular weight excluding hydrogens is 352 g/mol. The van der Waals surface area contributed by atoms with E-state index < -0.39 is 11.6 Å². The molecule has 0 bridgehead atoms. The quantitative estimate of drug-likeness (QED) is 0.134. The number of aliphatic hydroxyl groups is 1. The molecule has 0 aromatic heterocycles. The Labute approximate surface area is 149 Å². The van der Waals surface area contributed by atoms with Gasteiger partial charge in [0.25, 0.3) is 0 Å². The van der Waals surface area contributed by atoms with E-state index in [1.54, 1.807) is 0 Å². The Balaban J connectivity index is 2.04. The number of nitrogens with one attached hydrogen (secondary N) is 1. The topological polar surface area (TPSA) is 109 Å². The molecule has 0 aliphatic carbocycles. The minimum atomic E-state index is -1.10. The third kappa shape index (κ3) is 5.79. The third-order valence-corrected chi connectivity index (χ3v) is 4.50. The summed E-state index contributed by atoms with van der Waals surface area (Å²) in [6.45, 7) is 1.15. The molecule has 1 saturated heterocycles. The van der Waals surface area contributed by atoms with Crippen molar-refractivity contribution < 1.29 is 18.6 Å². The minimum Gasteiger partial charge on any atom is -0.395 e. The van der Waals surface area contributed by atoms with Crippen LogP contribution in [-0.4, -0.2) is 48.5 Å². The number of hydrogen-bond acceptors (Lipinski definition) is 7. The van der Waals surface area contributed by atoms with E-state index >= 15 is 0 Å². The van der Waals surface area contributed by atoms with Gasteiger partial charge in [-0.3, -0.25) is 4.72 Å². The van der Waals surface area contributed by atoms with Crippen molar-refractivity contribution in [1.82, 2.24) is 9.84 Å². The SMILES string of the molecule is N/C(=N\N(N)CC1CCCCO1)c1ccc(SNCCO)c(F)c1F. The number of rotatable bonds is 8. The second-order valence-electron chi connectivity index (χ2n) is 5.56. The summed E-state index contributed by atoms with van der Waals surface area (Å²) in [6.07, 6.45) is 2.90. The lowest BCUT2D eigenvalue weighted by molar-refractivity contribution is -0.00546. The van der Waals surface area contributed by atoms with E-state index in [1.165, 1.54) is 12.1 Å². The fourth-order valence-corrected chi connectivity index (χ4v) is 3.04. The predicted molar refractivity (Wildman–Crippen MR) is 92.5 cm³/mol. The smallest absolute Gasteiger partial charge is 0.174 e. The van der Waals surface area contributed by atoms with Crippen LogP contribution in [0.3, 0.4) is 0 Å². The van der Waals surface area contributed by atoms with Gasteiger partial charge in [-0.15, -0.1) is 5.10 Å². The minimum absolute atomic E-state index is 0.0479. The number of ether oxygens (including phenoxy) is 1. The lowest BCUT2D eigenvalue weighted by atomic mass is 10.1. The van der Waals surface area contributed by atoms with E-state index in [9.17, 15) is 8.78 Å². The standard InChI is InChI=1S/C15H23F2N5O2S/c16-13-11(4-5-12(14(13)17)25-20-6-7-23)15(18)21-22(19)9-10-3-1-2-8-24-10/h4-5,10,20,23H,1-3,6-9,19H2,(H2,18,21). The highest BCUT2D eigenvalue weighted by molar-refractivity contribution is 7.97. The number of aliphatic hydroxyl groups excluding tert-OH is 1. The van der Waals surface area contributed by atoms with E-state index in [0.717, 1.165) is 36.3 Å². The Kier molecular flexibility index (Phi) is 7.85. The fraction of sp³-hybridized carbons (Fsp3) is 0.533. The lowest BCUT2D eigenvalue weighted by Gasteiger charge is -2.25. The molecule has 7 nitrogen and oxygen atoms in total. The maximum Gasteiger partial charge on any atom is 0.174 e. The van der Waals surface area contributed by atoms with Gasteiger partial charge in [-0.1, -0.05) is 0 Å². The molecule has 2 rings (SSSR count). The van der Waals surface area contributed by atoms with Gasteiger partial charge in [-0.2, -0.15) is 0 Å². The van der Waals surface area contributed by atoms with Crippen LogP contribution >= 0.6 is 11.9 Å². The highest BCUT2D eigenvalue weighted by atomic mass is 32.2. The van der Waals surface area contributed by atoms with Gasteiger partial charge >= 0.3 is 0 Å². The van der Waals surface area contributed by atoms with Crippen LogP contribution in [0.25, 0.3) is 0 Å². The number of hydrazine groups is 1. The van der Waals surface area contributed by atoms with Gasteiger partial charge in [0.15, 0.2) is 17.5 Å². The zero-order chi connectivity index (χ0) is 18.2. The summed E-state index contributed by atoms with van der Waals surface area (Å²) >= 11 is 0.886. The summed E-state index contributed by atoms with van der Waals surface area (Å²) in [7, 11) is 0. The number of benzene rings is 1. The van der Waals surface area contributed by atoms with Crippen LogP contribution in [0.1, 0.15) is 24.8 Å². The van der Waals surface area contributed by atoms with E-state index in [2.05, 4.69) is 9.82 Å². The first kappa shape index (κ1) is 19.9. The third-order valence-electron chi connectivity index (χ3n) is 3.62. The molecule has 140 valence electrons. The van der Waals surface area contributed by atoms with Gasteiger partial charge in [-0.05, 0) is 43.3 Å². The number of halogens is 2. The largest absolute Gasteiger partial charge is 0.395 e. The fourth-order valence-electron chi connectivity index (χ4n) is 2.38. The predicted octanol–water partition coefficient (Wildman–Crippen LogP) is 0.919.